The van der Waals surface area contributed by atoms with E-state index in [0.717, 1.165) is 38.8 Å². The van der Waals surface area contributed by atoms with Gasteiger partial charge >= 0.3 is 0 Å². The van der Waals surface area contributed by atoms with Crippen LogP contribution in [-0.2, 0) is 0 Å². The summed E-state index contributed by atoms with van der Waals surface area (Å²) in [7, 11) is 2.20. The van der Waals surface area contributed by atoms with Gasteiger partial charge in [-0.25, -0.2) is 8.78 Å². The molecule has 2 unspecified atom stereocenters. The predicted octanol–water partition coefficient (Wildman–Crippen LogP) is 2.74. The van der Waals surface area contributed by atoms with Crippen LogP contribution in [0, 0.1) is 11.6 Å². The van der Waals surface area contributed by atoms with E-state index >= 15 is 0 Å². The van der Waals surface area contributed by atoms with E-state index in [4.69, 9.17) is 0 Å². The van der Waals surface area contributed by atoms with E-state index in [0.29, 0.717) is 11.6 Å². The van der Waals surface area contributed by atoms with Crippen LogP contribution in [0.5, 0.6) is 0 Å². The predicted molar refractivity (Wildman–Crippen MR) is 88.4 cm³/mol. The molecule has 1 aromatic rings. The summed E-state index contributed by atoms with van der Waals surface area (Å²) < 4.78 is 27.1. The molecule has 2 heterocycles. The molecule has 0 spiro atoms. The Morgan fingerprint density at radius 3 is 2.48 bits per heavy atom. The largest absolute Gasteiger partial charge is 0.305 e. The molecule has 23 heavy (non-hydrogen) atoms. The Kier molecular flexibility index (Phi) is 5.29. The summed E-state index contributed by atoms with van der Waals surface area (Å²) in [4.78, 5) is 7.30. The van der Waals surface area contributed by atoms with E-state index in [1.165, 1.54) is 25.5 Å². The quantitative estimate of drug-likeness (QED) is 0.847. The fourth-order valence-electron chi connectivity index (χ4n) is 3.96. The number of hydrogen-bond donors (Lipinski definition) is 0. The molecule has 1 aromatic carbocycles. The molecule has 5 heteroatoms. The highest BCUT2D eigenvalue weighted by Crippen LogP contribution is 2.26. The molecule has 0 bridgehead atoms. The third-order valence-electron chi connectivity index (χ3n) is 5.43. The van der Waals surface area contributed by atoms with Crippen molar-refractivity contribution in [1.29, 1.82) is 0 Å². The first-order valence-corrected chi connectivity index (χ1v) is 8.66. The van der Waals surface area contributed by atoms with E-state index in [-0.39, 0.29) is 6.04 Å². The average molecular weight is 323 g/mol. The molecule has 0 aromatic heterocycles. The van der Waals surface area contributed by atoms with Crippen LogP contribution >= 0.6 is 0 Å². The Balaban J connectivity index is 1.57. The Labute approximate surface area is 137 Å². The van der Waals surface area contributed by atoms with Gasteiger partial charge in [0.05, 0.1) is 0 Å². The molecular weight excluding hydrogens is 296 g/mol. The van der Waals surface area contributed by atoms with Crippen molar-refractivity contribution in [1.82, 2.24) is 14.7 Å². The normalized spacial score (nSPS) is 26.3. The lowest BCUT2D eigenvalue weighted by Crippen LogP contribution is -2.54. The fourth-order valence-corrected chi connectivity index (χ4v) is 3.96. The molecule has 0 aliphatic carbocycles. The van der Waals surface area contributed by atoms with Crippen LogP contribution in [0.15, 0.2) is 18.2 Å². The molecule has 128 valence electrons. The van der Waals surface area contributed by atoms with Crippen LogP contribution in [0.4, 0.5) is 8.78 Å². The first-order valence-electron chi connectivity index (χ1n) is 8.66. The van der Waals surface area contributed by atoms with Gasteiger partial charge in [-0.15, -0.1) is 0 Å². The van der Waals surface area contributed by atoms with Crippen molar-refractivity contribution in [3.8, 4) is 0 Å². The van der Waals surface area contributed by atoms with Gasteiger partial charge in [0.15, 0.2) is 0 Å². The number of benzene rings is 1. The van der Waals surface area contributed by atoms with E-state index in [2.05, 4.69) is 21.7 Å². The Bertz CT molecular complexity index is 529. The zero-order valence-corrected chi connectivity index (χ0v) is 14.1. The molecular formula is C18H27F2N3. The van der Waals surface area contributed by atoms with Crippen molar-refractivity contribution in [2.24, 2.45) is 0 Å². The zero-order chi connectivity index (χ0) is 16.4. The molecule has 0 amide bonds. The van der Waals surface area contributed by atoms with Crippen molar-refractivity contribution in [3.63, 3.8) is 0 Å². The minimum atomic E-state index is -0.510. The van der Waals surface area contributed by atoms with Gasteiger partial charge < -0.3 is 4.90 Å². The summed E-state index contributed by atoms with van der Waals surface area (Å²) in [5, 5.41) is 0. The van der Waals surface area contributed by atoms with E-state index in [1.54, 1.807) is 6.07 Å². The summed E-state index contributed by atoms with van der Waals surface area (Å²) >= 11 is 0. The van der Waals surface area contributed by atoms with Gasteiger partial charge in [-0.05, 0) is 39.4 Å². The van der Waals surface area contributed by atoms with E-state index in [1.807, 2.05) is 6.92 Å². The monoisotopic (exact) mass is 323 g/mol. The van der Waals surface area contributed by atoms with Crippen molar-refractivity contribution in [2.75, 3.05) is 46.3 Å². The third-order valence-corrected chi connectivity index (χ3v) is 5.43. The van der Waals surface area contributed by atoms with Crippen LogP contribution in [0.3, 0.4) is 0 Å². The molecule has 0 saturated carbocycles. The Morgan fingerprint density at radius 2 is 1.83 bits per heavy atom. The van der Waals surface area contributed by atoms with Gasteiger partial charge in [0.1, 0.15) is 11.6 Å². The zero-order valence-electron chi connectivity index (χ0n) is 14.1. The number of halogens is 2. The topological polar surface area (TPSA) is 9.72 Å². The highest BCUT2D eigenvalue weighted by atomic mass is 19.1. The number of hydrogen-bond acceptors (Lipinski definition) is 3. The molecule has 0 N–H and O–H groups in total. The number of likely N-dealkylation sites (tertiary alicyclic amines) is 1. The number of likely N-dealkylation sites (N-methyl/N-ethyl adjacent to an activating group) is 1. The molecule has 2 atom stereocenters. The fraction of sp³-hybridized carbons (Fsp3) is 0.667. The minimum Gasteiger partial charge on any atom is -0.305 e. The molecule has 0 radical (unpaired) electrons. The highest BCUT2D eigenvalue weighted by Gasteiger charge is 2.29. The lowest BCUT2D eigenvalue weighted by molar-refractivity contribution is 0.0447. The van der Waals surface area contributed by atoms with Crippen molar-refractivity contribution >= 4 is 0 Å². The van der Waals surface area contributed by atoms with Crippen LogP contribution in [0.2, 0.25) is 0 Å². The Morgan fingerprint density at radius 1 is 1.09 bits per heavy atom. The molecule has 2 aliphatic heterocycles. The Hall–Kier alpha value is -1.04. The third kappa shape index (κ3) is 3.90. The number of nitrogens with zero attached hydrogens (tertiary/aromatic N) is 3. The first kappa shape index (κ1) is 16.8. The van der Waals surface area contributed by atoms with E-state index < -0.39 is 11.6 Å². The van der Waals surface area contributed by atoms with Gasteiger partial charge in [-0.2, -0.15) is 0 Å². The lowest BCUT2D eigenvalue weighted by atomic mass is 10.0. The van der Waals surface area contributed by atoms with Crippen molar-refractivity contribution in [2.45, 2.75) is 31.8 Å². The minimum absolute atomic E-state index is 0.00761. The molecule has 2 aliphatic rings. The lowest BCUT2D eigenvalue weighted by Gasteiger charge is -2.44. The standard InChI is InChI=1S/C18H27F2N3/c1-14(17-6-5-15(19)12-18(17)20)22-8-10-23(11-9-22)16-4-3-7-21(2)13-16/h5-6,12,14,16H,3-4,7-11,13H2,1-2H3. The van der Waals surface area contributed by atoms with Crippen molar-refractivity contribution in [3.05, 3.63) is 35.4 Å². The van der Waals surface area contributed by atoms with Crippen molar-refractivity contribution < 1.29 is 8.78 Å². The number of rotatable bonds is 3. The number of piperidine rings is 1. The van der Waals surface area contributed by atoms with Crippen LogP contribution < -0.4 is 0 Å². The van der Waals surface area contributed by atoms with Crippen LogP contribution in [-0.4, -0.2) is 67.1 Å². The van der Waals surface area contributed by atoms with Crippen LogP contribution in [0.25, 0.3) is 0 Å². The second-order valence-corrected chi connectivity index (χ2v) is 6.97. The summed E-state index contributed by atoms with van der Waals surface area (Å²) in [5.74, 6) is -0.946. The maximum Gasteiger partial charge on any atom is 0.130 e. The molecule has 3 rings (SSSR count). The van der Waals surface area contributed by atoms with Gasteiger partial charge in [-0.3, -0.25) is 9.80 Å². The number of piperazine rings is 1. The summed E-state index contributed by atoms with van der Waals surface area (Å²) in [6.45, 7) is 8.33. The smallest absolute Gasteiger partial charge is 0.130 e. The van der Waals surface area contributed by atoms with Gasteiger partial charge in [0.25, 0.3) is 0 Å². The summed E-state index contributed by atoms with van der Waals surface area (Å²) in [6.07, 6.45) is 2.56. The van der Waals surface area contributed by atoms with Gasteiger partial charge in [0, 0.05) is 56.4 Å². The SMILES string of the molecule is CC(c1ccc(F)cc1F)N1CCN(C2CCCN(C)C2)CC1. The second kappa shape index (κ2) is 7.24. The molecule has 3 nitrogen and oxygen atoms in total. The highest BCUT2D eigenvalue weighted by molar-refractivity contribution is 5.22. The molecule has 2 fully saturated rings. The van der Waals surface area contributed by atoms with Gasteiger partial charge in [0.2, 0.25) is 0 Å². The average Bonchev–Trinajstić information content (AvgIpc) is 2.54. The maximum atomic E-state index is 14.0. The summed E-state index contributed by atoms with van der Waals surface area (Å²) in [6, 6.07) is 4.57. The van der Waals surface area contributed by atoms with Gasteiger partial charge in [-0.1, -0.05) is 6.07 Å². The molecule has 2 saturated heterocycles. The second-order valence-electron chi connectivity index (χ2n) is 6.97. The van der Waals surface area contributed by atoms with Crippen LogP contribution in [0.1, 0.15) is 31.4 Å². The summed E-state index contributed by atoms with van der Waals surface area (Å²) in [5.41, 5.74) is 0.595. The maximum absolute atomic E-state index is 14.0. The van der Waals surface area contributed by atoms with E-state index in [9.17, 15) is 8.78 Å². The first-order chi connectivity index (χ1) is 11.0.